The first-order valence-electron chi connectivity index (χ1n) is 7.01. The molecule has 1 saturated carbocycles. The van der Waals surface area contributed by atoms with Crippen LogP contribution in [-0.2, 0) is 6.54 Å². The number of aromatic nitrogens is 1. The summed E-state index contributed by atoms with van der Waals surface area (Å²) >= 11 is 6.18. The van der Waals surface area contributed by atoms with Gasteiger partial charge in [-0.25, -0.2) is 0 Å². The Kier molecular flexibility index (Phi) is 3.67. The van der Waals surface area contributed by atoms with E-state index in [9.17, 15) is 5.11 Å². The Hall–Kier alpha value is -1.16. The van der Waals surface area contributed by atoms with Gasteiger partial charge in [-0.1, -0.05) is 17.7 Å². The molecule has 3 nitrogen and oxygen atoms in total. The highest BCUT2D eigenvalue weighted by molar-refractivity contribution is 6.31. The van der Waals surface area contributed by atoms with E-state index < -0.39 is 0 Å². The van der Waals surface area contributed by atoms with Crippen LogP contribution in [-0.4, -0.2) is 22.2 Å². The highest BCUT2D eigenvalue weighted by Crippen LogP contribution is 2.39. The SMILES string of the molecule is CC(CO)(NCc1cc(Cl)cc2cccnc12)C1CC1. The van der Waals surface area contributed by atoms with Gasteiger partial charge in [0.05, 0.1) is 12.1 Å². The molecule has 2 N–H and O–H groups in total. The predicted molar refractivity (Wildman–Crippen MR) is 81.8 cm³/mol. The van der Waals surface area contributed by atoms with Gasteiger partial charge in [0, 0.05) is 28.7 Å². The van der Waals surface area contributed by atoms with E-state index in [-0.39, 0.29) is 12.1 Å². The third-order valence-electron chi connectivity index (χ3n) is 4.24. The fraction of sp³-hybridized carbons (Fsp3) is 0.438. The molecule has 1 aliphatic rings. The molecule has 3 rings (SSSR count). The van der Waals surface area contributed by atoms with Gasteiger partial charge in [-0.15, -0.1) is 0 Å². The van der Waals surface area contributed by atoms with Crippen LogP contribution in [0.3, 0.4) is 0 Å². The highest BCUT2D eigenvalue weighted by Gasteiger charge is 2.40. The molecule has 0 amide bonds. The molecule has 0 radical (unpaired) electrons. The summed E-state index contributed by atoms with van der Waals surface area (Å²) in [6.07, 6.45) is 4.18. The van der Waals surface area contributed by atoms with Gasteiger partial charge in [0.15, 0.2) is 0 Å². The third kappa shape index (κ3) is 2.66. The first-order valence-corrected chi connectivity index (χ1v) is 7.39. The van der Waals surface area contributed by atoms with E-state index in [0.29, 0.717) is 12.5 Å². The lowest BCUT2D eigenvalue weighted by atomic mass is 9.96. The Balaban J connectivity index is 1.87. The smallest absolute Gasteiger partial charge is 0.0747 e. The van der Waals surface area contributed by atoms with E-state index in [1.807, 2.05) is 24.3 Å². The minimum absolute atomic E-state index is 0.156. The summed E-state index contributed by atoms with van der Waals surface area (Å²) in [5, 5.41) is 14.9. The van der Waals surface area contributed by atoms with Crippen LogP contribution in [0.2, 0.25) is 5.02 Å². The molecule has 0 aliphatic heterocycles. The summed E-state index contributed by atoms with van der Waals surface area (Å²) in [5.74, 6) is 0.575. The number of rotatable bonds is 5. The van der Waals surface area contributed by atoms with Gasteiger partial charge in [0.1, 0.15) is 0 Å². The molecule has 1 aromatic carbocycles. The van der Waals surface area contributed by atoms with E-state index in [0.717, 1.165) is 21.5 Å². The van der Waals surface area contributed by atoms with Crippen LogP contribution in [0, 0.1) is 5.92 Å². The Morgan fingerprint density at radius 3 is 2.95 bits per heavy atom. The summed E-state index contributed by atoms with van der Waals surface area (Å²) in [4.78, 5) is 4.45. The molecule has 0 saturated heterocycles. The van der Waals surface area contributed by atoms with Crippen LogP contribution in [0.15, 0.2) is 30.5 Å². The Morgan fingerprint density at radius 1 is 1.45 bits per heavy atom. The van der Waals surface area contributed by atoms with Gasteiger partial charge < -0.3 is 10.4 Å². The summed E-state index contributed by atoms with van der Waals surface area (Å²) in [6, 6.07) is 7.82. The van der Waals surface area contributed by atoms with Crippen molar-refractivity contribution < 1.29 is 5.11 Å². The average molecular weight is 291 g/mol. The first-order chi connectivity index (χ1) is 9.62. The summed E-state index contributed by atoms with van der Waals surface area (Å²) in [5.41, 5.74) is 1.84. The largest absolute Gasteiger partial charge is 0.394 e. The molecule has 4 heteroatoms. The average Bonchev–Trinajstić information content (AvgIpc) is 3.29. The van der Waals surface area contributed by atoms with E-state index in [4.69, 9.17) is 11.6 Å². The number of halogens is 1. The number of nitrogens with zero attached hydrogens (tertiary/aromatic N) is 1. The standard InChI is InChI=1S/C16H19ClN2O/c1-16(10-20,13-4-5-13)19-9-12-8-14(17)7-11-3-2-6-18-15(11)12/h2-3,6-8,13,19-20H,4-5,9-10H2,1H3. The molecule has 1 heterocycles. The minimum Gasteiger partial charge on any atom is -0.394 e. The summed E-state index contributed by atoms with van der Waals surface area (Å²) in [6.45, 7) is 2.91. The zero-order valence-corrected chi connectivity index (χ0v) is 12.3. The molecular weight excluding hydrogens is 272 g/mol. The lowest BCUT2D eigenvalue weighted by Crippen LogP contribution is -2.47. The maximum atomic E-state index is 9.64. The summed E-state index contributed by atoms with van der Waals surface area (Å²) < 4.78 is 0. The highest BCUT2D eigenvalue weighted by atomic mass is 35.5. The maximum Gasteiger partial charge on any atom is 0.0747 e. The molecule has 1 atom stereocenters. The van der Waals surface area contributed by atoms with Crippen molar-refractivity contribution >= 4 is 22.5 Å². The molecule has 20 heavy (non-hydrogen) atoms. The van der Waals surface area contributed by atoms with Crippen molar-refractivity contribution in [3.05, 3.63) is 41.0 Å². The van der Waals surface area contributed by atoms with Gasteiger partial charge in [0.2, 0.25) is 0 Å². The van der Waals surface area contributed by atoms with Crippen molar-refractivity contribution in [2.75, 3.05) is 6.61 Å². The van der Waals surface area contributed by atoms with Crippen molar-refractivity contribution in [3.8, 4) is 0 Å². The molecule has 106 valence electrons. The second-order valence-corrected chi connectivity index (χ2v) is 6.28. The summed E-state index contributed by atoms with van der Waals surface area (Å²) in [7, 11) is 0. The quantitative estimate of drug-likeness (QED) is 0.889. The maximum absolute atomic E-state index is 9.64. The monoisotopic (exact) mass is 290 g/mol. The number of hydrogen-bond acceptors (Lipinski definition) is 3. The number of fused-ring (bicyclic) bond motifs is 1. The molecule has 0 bridgehead atoms. The van der Waals surface area contributed by atoms with E-state index in [2.05, 4.69) is 17.2 Å². The molecule has 2 aromatic rings. The van der Waals surface area contributed by atoms with E-state index in [1.54, 1.807) is 6.20 Å². The predicted octanol–water partition coefficient (Wildman–Crippen LogP) is 3.14. The minimum atomic E-state index is -0.205. The van der Waals surface area contributed by atoms with Crippen LogP contribution in [0.25, 0.3) is 10.9 Å². The van der Waals surface area contributed by atoms with Gasteiger partial charge in [-0.3, -0.25) is 4.98 Å². The molecule has 1 aromatic heterocycles. The number of pyridine rings is 1. The van der Waals surface area contributed by atoms with Crippen LogP contribution in [0.4, 0.5) is 0 Å². The Bertz CT molecular complexity index is 627. The fourth-order valence-electron chi connectivity index (χ4n) is 2.71. The Labute approximate surface area is 124 Å². The van der Waals surface area contributed by atoms with E-state index >= 15 is 0 Å². The van der Waals surface area contributed by atoms with Crippen LogP contribution in [0.1, 0.15) is 25.3 Å². The molecule has 1 unspecified atom stereocenters. The number of aliphatic hydroxyl groups is 1. The van der Waals surface area contributed by atoms with Gasteiger partial charge in [-0.2, -0.15) is 0 Å². The number of benzene rings is 1. The normalized spacial score (nSPS) is 18.1. The van der Waals surface area contributed by atoms with Crippen molar-refractivity contribution in [2.45, 2.75) is 31.8 Å². The van der Waals surface area contributed by atoms with Crippen LogP contribution >= 0.6 is 11.6 Å². The van der Waals surface area contributed by atoms with Crippen LogP contribution < -0.4 is 5.32 Å². The van der Waals surface area contributed by atoms with Crippen molar-refractivity contribution in [3.63, 3.8) is 0 Å². The second kappa shape index (κ2) is 5.32. The van der Waals surface area contributed by atoms with Gasteiger partial charge in [-0.05, 0) is 49.4 Å². The fourth-order valence-corrected chi connectivity index (χ4v) is 2.96. The van der Waals surface area contributed by atoms with Crippen LogP contribution in [0.5, 0.6) is 0 Å². The van der Waals surface area contributed by atoms with Crippen molar-refractivity contribution in [1.82, 2.24) is 10.3 Å². The number of aliphatic hydroxyl groups excluding tert-OH is 1. The number of nitrogens with one attached hydrogen (secondary N) is 1. The molecular formula is C16H19ClN2O. The Morgan fingerprint density at radius 2 is 2.25 bits per heavy atom. The lowest BCUT2D eigenvalue weighted by molar-refractivity contribution is 0.153. The number of hydrogen-bond donors (Lipinski definition) is 2. The third-order valence-corrected chi connectivity index (χ3v) is 4.46. The zero-order chi connectivity index (χ0) is 14.2. The van der Waals surface area contributed by atoms with Crippen molar-refractivity contribution in [1.29, 1.82) is 0 Å². The zero-order valence-electron chi connectivity index (χ0n) is 11.6. The van der Waals surface area contributed by atoms with E-state index in [1.165, 1.54) is 12.8 Å². The topological polar surface area (TPSA) is 45.1 Å². The molecule has 1 fully saturated rings. The first kappa shape index (κ1) is 13.8. The van der Waals surface area contributed by atoms with Gasteiger partial charge in [0.25, 0.3) is 0 Å². The second-order valence-electron chi connectivity index (χ2n) is 5.84. The van der Waals surface area contributed by atoms with Gasteiger partial charge >= 0.3 is 0 Å². The van der Waals surface area contributed by atoms with Crippen molar-refractivity contribution in [2.24, 2.45) is 5.92 Å². The molecule has 1 aliphatic carbocycles. The lowest BCUT2D eigenvalue weighted by Gasteiger charge is -2.29. The molecule has 0 spiro atoms.